The summed E-state index contributed by atoms with van der Waals surface area (Å²) in [6, 6.07) is 3.35. The van der Waals surface area contributed by atoms with Crippen molar-refractivity contribution in [2.45, 2.75) is 26.2 Å². The van der Waals surface area contributed by atoms with E-state index in [1.165, 1.54) is 0 Å². The third kappa shape index (κ3) is 2.23. The van der Waals surface area contributed by atoms with Crippen LogP contribution in [0.2, 0.25) is 5.15 Å². The van der Waals surface area contributed by atoms with Gasteiger partial charge >= 0.3 is 5.97 Å². The van der Waals surface area contributed by atoms with Crippen molar-refractivity contribution in [3.05, 3.63) is 28.5 Å². The molecule has 0 aliphatic carbocycles. The summed E-state index contributed by atoms with van der Waals surface area (Å²) in [6.07, 6.45) is 0.879. The minimum Gasteiger partial charge on any atom is -0.477 e. The standard InChI is InChI=1S/C10H12ClNO2/c1-3-6(2)7-4-5-8(11)12-9(7)10(13)14/h4-6H,3H2,1-2H3,(H,13,14). The lowest BCUT2D eigenvalue weighted by Gasteiger charge is -2.11. The molecule has 0 aliphatic rings. The Morgan fingerprint density at radius 3 is 2.79 bits per heavy atom. The molecule has 0 aliphatic heterocycles. The average Bonchev–Trinajstić information content (AvgIpc) is 2.16. The van der Waals surface area contributed by atoms with E-state index in [0.717, 1.165) is 12.0 Å². The Morgan fingerprint density at radius 1 is 1.64 bits per heavy atom. The van der Waals surface area contributed by atoms with Crippen LogP contribution in [0.4, 0.5) is 0 Å². The van der Waals surface area contributed by atoms with E-state index < -0.39 is 5.97 Å². The zero-order valence-electron chi connectivity index (χ0n) is 8.12. The number of halogens is 1. The van der Waals surface area contributed by atoms with Gasteiger partial charge in [-0.25, -0.2) is 9.78 Å². The third-order valence-corrected chi connectivity index (χ3v) is 2.45. The van der Waals surface area contributed by atoms with Gasteiger partial charge in [-0.05, 0) is 24.0 Å². The zero-order chi connectivity index (χ0) is 10.7. The number of carbonyl (C=O) groups is 1. The third-order valence-electron chi connectivity index (χ3n) is 2.24. The summed E-state index contributed by atoms with van der Waals surface area (Å²) in [5.74, 6) is -0.839. The van der Waals surface area contributed by atoms with Gasteiger partial charge in [0.25, 0.3) is 0 Å². The highest BCUT2D eigenvalue weighted by atomic mass is 35.5. The molecule has 1 aromatic rings. The molecule has 1 heterocycles. The topological polar surface area (TPSA) is 50.2 Å². The van der Waals surface area contributed by atoms with Crippen LogP contribution < -0.4 is 0 Å². The predicted molar refractivity (Wildman–Crippen MR) is 54.9 cm³/mol. The first-order chi connectivity index (χ1) is 6.56. The van der Waals surface area contributed by atoms with Crippen molar-refractivity contribution in [3.8, 4) is 0 Å². The fourth-order valence-electron chi connectivity index (χ4n) is 1.23. The highest BCUT2D eigenvalue weighted by Gasteiger charge is 2.16. The summed E-state index contributed by atoms with van der Waals surface area (Å²) in [7, 11) is 0. The fourth-order valence-corrected chi connectivity index (χ4v) is 1.38. The molecule has 1 N–H and O–H groups in total. The summed E-state index contributed by atoms with van der Waals surface area (Å²) < 4.78 is 0. The number of aromatic nitrogens is 1. The van der Waals surface area contributed by atoms with Crippen LogP contribution in [0.25, 0.3) is 0 Å². The van der Waals surface area contributed by atoms with Crippen molar-refractivity contribution in [1.82, 2.24) is 4.98 Å². The van der Waals surface area contributed by atoms with Crippen LogP contribution in [-0.2, 0) is 0 Å². The number of hydrogen-bond acceptors (Lipinski definition) is 2. The van der Waals surface area contributed by atoms with E-state index >= 15 is 0 Å². The lowest BCUT2D eigenvalue weighted by atomic mass is 9.97. The maximum Gasteiger partial charge on any atom is 0.354 e. The maximum atomic E-state index is 10.9. The van der Waals surface area contributed by atoms with Gasteiger partial charge in [0.05, 0.1) is 0 Å². The second kappa shape index (κ2) is 4.42. The smallest absolute Gasteiger partial charge is 0.354 e. The first kappa shape index (κ1) is 11.0. The number of nitrogens with zero attached hydrogens (tertiary/aromatic N) is 1. The van der Waals surface area contributed by atoms with E-state index in [1.54, 1.807) is 12.1 Å². The molecule has 3 nitrogen and oxygen atoms in total. The summed E-state index contributed by atoms with van der Waals surface area (Å²) in [4.78, 5) is 14.7. The summed E-state index contributed by atoms with van der Waals surface area (Å²) in [6.45, 7) is 3.97. The van der Waals surface area contributed by atoms with Crippen LogP contribution in [0, 0.1) is 0 Å². The lowest BCUT2D eigenvalue weighted by Crippen LogP contribution is -2.08. The number of carboxylic acid groups (broad SMARTS) is 1. The van der Waals surface area contributed by atoms with Gasteiger partial charge in [-0.1, -0.05) is 31.5 Å². The Balaban J connectivity index is 3.21. The number of rotatable bonds is 3. The van der Waals surface area contributed by atoms with Crippen molar-refractivity contribution in [2.24, 2.45) is 0 Å². The number of pyridine rings is 1. The van der Waals surface area contributed by atoms with Crippen LogP contribution in [-0.4, -0.2) is 16.1 Å². The van der Waals surface area contributed by atoms with Crippen LogP contribution in [0.5, 0.6) is 0 Å². The molecule has 0 amide bonds. The van der Waals surface area contributed by atoms with Gasteiger partial charge in [0, 0.05) is 0 Å². The van der Waals surface area contributed by atoms with Gasteiger partial charge in [-0.2, -0.15) is 0 Å². The van der Waals surface area contributed by atoms with Crippen LogP contribution in [0.1, 0.15) is 42.2 Å². The number of carboxylic acids is 1. The highest BCUT2D eigenvalue weighted by molar-refractivity contribution is 6.29. The van der Waals surface area contributed by atoms with Crippen molar-refractivity contribution in [1.29, 1.82) is 0 Å². The van der Waals surface area contributed by atoms with E-state index in [2.05, 4.69) is 4.98 Å². The molecule has 0 fully saturated rings. The van der Waals surface area contributed by atoms with Crippen LogP contribution >= 0.6 is 11.6 Å². The van der Waals surface area contributed by atoms with Crippen molar-refractivity contribution in [2.75, 3.05) is 0 Å². The monoisotopic (exact) mass is 213 g/mol. The molecular formula is C10H12ClNO2. The van der Waals surface area contributed by atoms with Gasteiger partial charge in [0.2, 0.25) is 0 Å². The Labute approximate surface area is 87.7 Å². The SMILES string of the molecule is CCC(C)c1ccc(Cl)nc1C(=O)O. The summed E-state index contributed by atoms with van der Waals surface area (Å²) >= 11 is 5.63. The minimum absolute atomic E-state index is 0.0619. The van der Waals surface area contributed by atoms with Gasteiger partial charge in [0.15, 0.2) is 5.69 Å². The number of aromatic carboxylic acids is 1. The molecular weight excluding hydrogens is 202 g/mol. The van der Waals surface area contributed by atoms with Crippen molar-refractivity contribution in [3.63, 3.8) is 0 Å². The molecule has 4 heteroatoms. The molecule has 0 spiro atoms. The maximum absolute atomic E-state index is 10.9. The zero-order valence-corrected chi connectivity index (χ0v) is 8.88. The van der Waals surface area contributed by atoms with Gasteiger partial charge < -0.3 is 5.11 Å². The molecule has 1 atom stereocenters. The lowest BCUT2D eigenvalue weighted by molar-refractivity contribution is 0.0688. The first-order valence-corrected chi connectivity index (χ1v) is 4.83. The largest absolute Gasteiger partial charge is 0.477 e. The molecule has 14 heavy (non-hydrogen) atoms. The highest BCUT2D eigenvalue weighted by Crippen LogP contribution is 2.23. The normalized spacial score (nSPS) is 12.5. The molecule has 0 bridgehead atoms. The van der Waals surface area contributed by atoms with Crippen molar-refractivity contribution >= 4 is 17.6 Å². The molecule has 1 unspecified atom stereocenters. The molecule has 0 saturated heterocycles. The Morgan fingerprint density at radius 2 is 2.29 bits per heavy atom. The second-order valence-electron chi connectivity index (χ2n) is 3.19. The average molecular weight is 214 g/mol. The van der Waals surface area contributed by atoms with Gasteiger partial charge in [-0.15, -0.1) is 0 Å². The van der Waals surface area contributed by atoms with Gasteiger partial charge in [-0.3, -0.25) is 0 Å². The van der Waals surface area contributed by atoms with E-state index in [0.29, 0.717) is 0 Å². The first-order valence-electron chi connectivity index (χ1n) is 4.46. The second-order valence-corrected chi connectivity index (χ2v) is 3.57. The quantitative estimate of drug-likeness (QED) is 0.786. The number of hydrogen-bond donors (Lipinski definition) is 1. The Hall–Kier alpha value is -1.09. The molecule has 76 valence electrons. The summed E-state index contributed by atoms with van der Waals surface area (Å²) in [5, 5.41) is 9.13. The fraction of sp³-hybridized carbons (Fsp3) is 0.400. The molecule has 0 saturated carbocycles. The van der Waals surface area contributed by atoms with E-state index in [9.17, 15) is 4.79 Å². The molecule has 0 radical (unpaired) electrons. The minimum atomic E-state index is -1.03. The predicted octanol–water partition coefficient (Wildman–Crippen LogP) is 2.95. The Bertz CT molecular complexity index is 352. The van der Waals surface area contributed by atoms with E-state index in [4.69, 9.17) is 16.7 Å². The van der Waals surface area contributed by atoms with Crippen LogP contribution in [0.3, 0.4) is 0 Å². The van der Waals surface area contributed by atoms with Gasteiger partial charge in [0.1, 0.15) is 5.15 Å². The van der Waals surface area contributed by atoms with Crippen molar-refractivity contribution < 1.29 is 9.90 Å². The van der Waals surface area contributed by atoms with Crippen LogP contribution in [0.15, 0.2) is 12.1 Å². The van der Waals surface area contributed by atoms with E-state index in [1.807, 2.05) is 13.8 Å². The molecule has 0 aromatic carbocycles. The van der Waals surface area contributed by atoms with E-state index in [-0.39, 0.29) is 16.8 Å². The molecule has 1 aromatic heterocycles. The summed E-state index contributed by atoms with van der Waals surface area (Å²) in [5.41, 5.74) is 0.802. The molecule has 1 rings (SSSR count). The Kier molecular flexibility index (Phi) is 3.47.